The molecule has 2 atom stereocenters. The van der Waals surface area contributed by atoms with Gasteiger partial charge in [-0.1, -0.05) is 81.4 Å². The van der Waals surface area contributed by atoms with Gasteiger partial charge in [0.1, 0.15) is 11.4 Å². The highest BCUT2D eigenvalue weighted by atomic mass is 35.5. The van der Waals surface area contributed by atoms with Gasteiger partial charge in [0.25, 0.3) is 8.32 Å². The lowest BCUT2D eigenvalue weighted by atomic mass is 9.93. The van der Waals surface area contributed by atoms with Crippen molar-refractivity contribution in [3.63, 3.8) is 0 Å². The Morgan fingerprint density at radius 2 is 1.66 bits per heavy atom. The van der Waals surface area contributed by atoms with Crippen LogP contribution in [0.1, 0.15) is 56.8 Å². The molecule has 1 fully saturated rings. The van der Waals surface area contributed by atoms with Crippen LogP contribution >= 0.6 is 11.6 Å². The summed E-state index contributed by atoms with van der Waals surface area (Å²) >= 11 is 5.97. The van der Waals surface area contributed by atoms with E-state index in [0.29, 0.717) is 0 Å². The summed E-state index contributed by atoms with van der Waals surface area (Å²) in [7, 11) is -2.66. The van der Waals surface area contributed by atoms with Gasteiger partial charge >= 0.3 is 5.97 Å². The summed E-state index contributed by atoms with van der Waals surface area (Å²) in [6, 6.07) is 21.3. The van der Waals surface area contributed by atoms with Crippen molar-refractivity contribution in [1.82, 2.24) is 9.97 Å². The molecule has 2 unspecified atom stereocenters. The smallest absolute Gasteiger partial charge is 0.341 e. The zero-order valence-corrected chi connectivity index (χ0v) is 22.1. The number of benzene rings is 2. The van der Waals surface area contributed by atoms with Crippen LogP contribution in [0.25, 0.3) is 0 Å². The average Bonchev–Trinajstić information content (AvgIpc) is 2.83. The monoisotopic (exact) mass is 509 g/mol. The predicted molar refractivity (Wildman–Crippen MR) is 142 cm³/mol. The van der Waals surface area contributed by atoms with E-state index >= 15 is 0 Å². The molecule has 1 aromatic heterocycles. The second-order valence-corrected chi connectivity index (χ2v) is 14.7. The number of carboxylic acid groups (broad SMARTS) is 1. The SMILES string of the molecule is CC(C)(C)[Si](OC1CCCC(Nc2nc(Cl)ncc2C(=O)O)C1)(c1ccccc1)c1ccccc1. The molecule has 6 nitrogen and oxygen atoms in total. The van der Waals surface area contributed by atoms with Crippen LogP contribution in [0.2, 0.25) is 10.3 Å². The molecular formula is C27H32ClN3O3Si. The van der Waals surface area contributed by atoms with Gasteiger partial charge in [0.15, 0.2) is 0 Å². The van der Waals surface area contributed by atoms with E-state index in [1.54, 1.807) is 0 Å². The number of aromatic carboxylic acids is 1. The third-order valence-electron chi connectivity index (χ3n) is 6.72. The minimum Gasteiger partial charge on any atom is -0.477 e. The van der Waals surface area contributed by atoms with Gasteiger partial charge in [-0.25, -0.2) is 9.78 Å². The fourth-order valence-electron chi connectivity index (χ4n) is 5.14. The maximum absolute atomic E-state index is 11.7. The van der Waals surface area contributed by atoms with Gasteiger partial charge in [-0.3, -0.25) is 0 Å². The molecule has 0 aliphatic heterocycles. The number of halogens is 1. The summed E-state index contributed by atoms with van der Waals surface area (Å²) in [5.74, 6) is -0.825. The summed E-state index contributed by atoms with van der Waals surface area (Å²) in [6.07, 6.45) is 4.87. The topological polar surface area (TPSA) is 84.3 Å². The number of hydrogen-bond acceptors (Lipinski definition) is 5. The average molecular weight is 510 g/mol. The van der Waals surface area contributed by atoms with Crippen LogP contribution in [0.3, 0.4) is 0 Å². The molecule has 35 heavy (non-hydrogen) atoms. The van der Waals surface area contributed by atoms with Crippen LogP contribution in [0, 0.1) is 0 Å². The van der Waals surface area contributed by atoms with Crippen molar-refractivity contribution in [3.05, 3.63) is 77.7 Å². The number of anilines is 1. The van der Waals surface area contributed by atoms with Gasteiger partial charge in [0.05, 0.1) is 0 Å². The number of aromatic nitrogens is 2. The minimum absolute atomic E-state index is 0.0180. The molecule has 0 saturated heterocycles. The summed E-state index contributed by atoms with van der Waals surface area (Å²) in [4.78, 5) is 19.6. The van der Waals surface area contributed by atoms with E-state index in [2.05, 4.69) is 84.6 Å². The summed E-state index contributed by atoms with van der Waals surface area (Å²) in [5, 5.41) is 15.3. The van der Waals surface area contributed by atoms with Crippen molar-refractivity contribution in [1.29, 1.82) is 0 Å². The van der Waals surface area contributed by atoms with Gasteiger partial charge in [-0.2, -0.15) is 4.98 Å². The largest absolute Gasteiger partial charge is 0.477 e. The molecule has 1 aliphatic carbocycles. The van der Waals surface area contributed by atoms with E-state index in [0.717, 1.165) is 25.7 Å². The van der Waals surface area contributed by atoms with Gasteiger partial charge < -0.3 is 14.8 Å². The predicted octanol–water partition coefficient (Wildman–Crippen LogP) is 5.13. The number of carboxylic acids is 1. The summed E-state index contributed by atoms with van der Waals surface area (Å²) in [6.45, 7) is 6.83. The Bertz CT molecular complexity index is 1120. The zero-order chi connectivity index (χ0) is 25.1. The van der Waals surface area contributed by atoms with Crippen LogP contribution in [0.4, 0.5) is 5.82 Å². The molecule has 0 bridgehead atoms. The third kappa shape index (κ3) is 5.42. The van der Waals surface area contributed by atoms with Crippen LogP contribution < -0.4 is 15.7 Å². The highest BCUT2D eigenvalue weighted by molar-refractivity contribution is 6.99. The third-order valence-corrected chi connectivity index (χ3v) is 12.0. The number of nitrogens with zero attached hydrogens (tertiary/aromatic N) is 2. The second kappa shape index (κ2) is 10.5. The lowest BCUT2D eigenvalue weighted by Gasteiger charge is -2.46. The Balaban J connectivity index is 1.66. The van der Waals surface area contributed by atoms with Gasteiger partial charge in [0, 0.05) is 18.3 Å². The molecule has 8 heteroatoms. The molecule has 0 radical (unpaired) electrons. The Kier molecular flexibility index (Phi) is 7.59. The molecule has 2 N–H and O–H groups in total. The van der Waals surface area contributed by atoms with Crippen LogP contribution in [0.5, 0.6) is 0 Å². The molecule has 0 amide bonds. The van der Waals surface area contributed by atoms with Crippen molar-refractivity contribution in [2.24, 2.45) is 0 Å². The molecule has 1 saturated carbocycles. The first-order valence-electron chi connectivity index (χ1n) is 12.0. The van der Waals surface area contributed by atoms with Gasteiger partial charge in [-0.05, 0) is 52.7 Å². The number of carbonyl (C=O) groups is 1. The van der Waals surface area contributed by atoms with Gasteiger partial charge in [0.2, 0.25) is 5.28 Å². The molecule has 4 rings (SSSR count). The first-order chi connectivity index (χ1) is 16.7. The Hall–Kier alpha value is -2.74. The first kappa shape index (κ1) is 25.4. The maximum atomic E-state index is 11.7. The fraction of sp³-hybridized carbons (Fsp3) is 0.370. The van der Waals surface area contributed by atoms with Crippen LogP contribution in [-0.2, 0) is 4.43 Å². The first-order valence-corrected chi connectivity index (χ1v) is 14.3. The van der Waals surface area contributed by atoms with E-state index in [9.17, 15) is 9.90 Å². The number of hydrogen-bond donors (Lipinski definition) is 2. The van der Waals surface area contributed by atoms with Gasteiger partial charge in [-0.15, -0.1) is 0 Å². The number of nitrogens with one attached hydrogen (secondary N) is 1. The second-order valence-electron chi connectivity index (χ2n) is 10.1. The maximum Gasteiger partial charge on any atom is 0.341 e. The summed E-state index contributed by atoms with van der Waals surface area (Å²) in [5.41, 5.74) is 0.0180. The highest BCUT2D eigenvalue weighted by Gasteiger charge is 2.51. The Labute approximate surface area is 212 Å². The van der Waals surface area contributed by atoms with E-state index in [1.807, 2.05) is 12.1 Å². The van der Waals surface area contributed by atoms with Crippen molar-refractivity contribution < 1.29 is 14.3 Å². The standard InChI is InChI=1S/C27H32ClN3O3Si/c1-27(2,3)35(21-13-6-4-7-14-21,22-15-8-5-9-16-22)34-20-12-10-11-19(17-20)30-24-23(25(32)33)18-29-26(28)31-24/h4-9,13-16,18-20H,10-12,17H2,1-3H3,(H,32,33)(H,29,30,31). The minimum atomic E-state index is -2.66. The van der Waals surface area contributed by atoms with Crippen molar-refractivity contribution in [3.8, 4) is 0 Å². The van der Waals surface area contributed by atoms with Crippen LogP contribution in [0.15, 0.2) is 66.9 Å². The van der Waals surface area contributed by atoms with E-state index in [1.165, 1.54) is 16.6 Å². The van der Waals surface area contributed by atoms with Crippen molar-refractivity contribution >= 4 is 42.1 Å². The van der Waals surface area contributed by atoms with E-state index < -0.39 is 14.3 Å². The van der Waals surface area contributed by atoms with Crippen LogP contribution in [-0.4, -0.2) is 41.5 Å². The molecule has 0 spiro atoms. The molecule has 1 aliphatic rings. The normalized spacial score (nSPS) is 18.7. The molecule has 2 aromatic carbocycles. The molecule has 1 heterocycles. The molecule has 184 valence electrons. The molecule has 3 aromatic rings. The highest BCUT2D eigenvalue weighted by Crippen LogP contribution is 2.39. The summed E-state index contributed by atoms with van der Waals surface area (Å²) < 4.78 is 7.31. The lowest BCUT2D eigenvalue weighted by Crippen LogP contribution is -2.68. The van der Waals surface area contributed by atoms with Crippen molar-refractivity contribution in [2.75, 3.05) is 5.32 Å². The van der Waals surface area contributed by atoms with E-state index in [-0.39, 0.29) is 33.8 Å². The zero-order valence-electron chi connectivity index (χ0n) is 20.4. The number of rotatable bonds is 7. The Morgan fingerprint density at radius 3 is 2.20 bits per heavy atom. The Morgan fingerprint density at radius 1 is 1.06 bits per heavy atom. The molecular weight excluding hydrogens is 478 g/mol. The lowest BCUT2D eigenvalue weighted by molar-refractivity contribution is 0.0697. The van der Waals surface area contributed by atoms with Crippen molar-refractivity contribution in [2.45, 2.75) is 63.6 Å². The fourth-order valence-corrected chi connectivity index (χ4v) is 10.0. The quantitative estimate of drug-likeness (QED) is 0.339. The van der Waals surface area contributed by atoms with E-state index in [4.69, 9.17) is 16.0 Å².